The van der Waals surface area contributed by atoms with Gasteiger partial charge in [-0.2, -0.15) is 13.2 Å². The molecule has 1 aromatic carbocycles. The van der Waals surface area contributed by atoms with E-state index in [-0.39, 0.29) is 12.2 Å². The van der Waals surface area contributed by atoms with Crippen molar-refractivity contribution in [2.24, 2.45) is 0 Å². The zero-order chi connectivity index (χ0) is 19.2. The molecule has 2 rings (SSSR count). The molecule has 26 heavy (non-hydrogen) atoms. The molecule has 0 aliphatic heterocycles. The van der Waals surface area contributed by atoms with Gasteiger partial charge in [0.2, 0.25) is 5.91 Å². The van der Waals surface area contributed by atoms with Gasteiger partial charge >= 0.3 is 12.2 Å². The van der Waals surface area contributed by atoms with Crippen molar-refractivity contribution in [3.05, 3.63) is 53.9 Å². The smallest absolute Gasteiger partial charge is 0.338 e. The lowest BCUT2D eigenvalue weighted by Gasteiger charge is -2.16. The SMILES string of the molecule is CC(=O)Nc1ccc(NC(=O)NCCc2cccnc2)c(C(F)(F)F)c1. The van der Waals surface area contributed by atoms with Gasteiger partial charge in [-0.05, 0) is 36.2 Å². The number of benzene rings is 1. The van der Waals surface area contributed by atoms with Gasteiger partial charge in [-0.1, -0.05) is 6.07 Å². The number of halogens is 3. The van der Waals surface area contributed by atoms with Gasteiger partial charge in [0.1, 0.15) is 0 Å². The van der Waals surface area contributed by atoms with Gasteiger partial charge in [-0.3, -0.25) is 9.78 Å². The van der Waals surface area contributed by atoms with Crippen LogP contribution in [-0.4, -0.2) is 23.5 Å². The summed E-state index contributed by atoms with van der Waals surface area (Å²) in [6.45, 7) is 1.43. The minimum absolute atomic E-state index is 0.00707. The number of hydrogen-bond acceptors (Lipinski definition) is 3. The molecule has 0 saturated carbocycles. The maximum Gasteiger partial charge on any atom is 0.418 e. The first-order valence-corrected chi connectivity index (χ1v) is 7.68. The summed E-state index contributed by atoms with van der Waals surface area (Å²) in [4.78, 5) is 26.8. The number of hydrogen-bond donors (Lipinski definition) is 3. The fourth-order valence-electron chi connectivity index (χ4n) is 2.20. The molecule has 0 aliphatic carbocycles. The maximum absolute atomic E-state index is 13.2. The van der Waals surface area contributed by atoms with Crippen molar-refractivity contribution in [1.82, 2.24) is 10.3 Å². The van der Waals surface area contributed by atoms with Crippen LogP contribution in [0.4, 0.5) is 29.3 Å². The van der Waals surface area contributed by atoms with Crippen LogP contribution in [0.5, 0.6) is 0 Å². The van der Waals surface area contributed by atoms with Crippen LogP contribution in [0.25, 0.3) is 0 Å². The van der Waals surface area contributed by atoms with E-state index in [1.165, 1.54) is 13.0 Å². The van der Waals surface area contributed by atoms with E-state index in [0.29, 0.717) is 6.42 Å². The highest BCUT2D eigenvalue weighted by Gasteiger charge is 2.34. The highest BCUT2D eigenvalue weighted by molar-refractivity contribution is 5.92. The first-order valence-electron chi connectivity index (χ1n) is 7.68. The van der Waals surface area contributed by atoms with E-state index >= 15 is 0 Å². The second-order valence-electron chi connectivity index (χ2n) is 5.43. The number of aromatic nitrogens is 1. The van der Waals surface area contributed by atoms with E-state index in [1.807, 2.05) is 6.07 Å². The van der Waals surface area contributed by atoms with E-state index in [0.717, 1.165) is 17.7 Å². The Morgan fingerprint density at radius 2 is 1.92 bits per heavy atom. The summed E-state index contributed by atoms with van der Waals surface area (Å²) in [6, 6.07) is 5.96. The summed E-state index contributed by atoms with van der Waals surface area (Å²) in [5.74, 6) is -0.494. The molecule has 0 fully saturated rings. The summed E-state index contributed by atoms with van der Waals surface area (Å²) in [6.07, 6.45) is -0.934. The first-order chi connectivity index (χ1) is 12.3. The highest BCUT2D eigenvalue weighted by atomic mass is 19.4. The normalized spacial score (nSPS) is 10.9. The van der Waals surface area contributed by atoms with Crippen LogP contribution in [0.2, 0.25) is 0 Å². The van der Waals surface area contributed by atoms with E-state index in [4.69, 9.17) is 0 Å². The third-order valence-electron chi connectivity index (χ3n) is 3.32. The molecule has 3 N–H and O–H groups in total. The molecule has 1 heterocycles. The van der Waals surface area contributed by atoms with E-state index < -0.39 is 29.4 Å². The van der Waals surface area contributed by atoms with Crippen molar-refractivity contribution in [2.45, 2.75) is 19.5 Å². The van der Waals surface area contributed by atoms with Gasteiger partial charge in [0, 0.05) is 31.5 Å². The Morgan fingerprint density at radius 3 is 2.54 bits per heavy atom. The third kappa shape index (κ3) is 5.76. The number of urea groups is 1. The number of carbonyl (C=O) groups excluding carboxylic acids is 2. The molecule has 138 valence electrons. The quantitative estimate of drug-likeness (QED) is 0.758. The lowest BCUT2D eigenvalue weighted by Crippen LogP contribution is -2.31. The molecule has 0 radical (unpaired) electrons. The zero-order valence-electron chi connectivity index (χ0n) is 13.9. The average molecular weight is 366 g/mol. The number of rotatable bonds is 5. The van der Waals surface area contributed by atoms with E-state index in [1.54, 1.807) is 18.5 Å². The van der Waals surface area contributed by atoms with Crippen molar-refractivity contribution >= 4 is 23.3 Å². The standard InChI is InChI=1S/C17H17F3N4O2/c1-11(25)23-13-4-5-15(14(9-13)17(18,19)20)24-16(26)22-8-6-12-3-2-7-21-10-12/h2-5,7,9-10H,6,8H2,1H3,(H,23,25)(H2,22,24,26). The van der Waals surface area contributed by atoms with Gasteiger partial charge in [-0.15, -0.1) is 0 Å². The van der Waals surface area contributed by atoms with Crippen LogP contribution in [0.15, 0.2) is 42.7 Å². The van der Waals surface area contributed by atoms with Crippen LogP contribution in [-0.2, 0) is 17.4 Å². The Hall–Kier alpha value is -3.10. The summed E-state index contributed by atoms with van der Waals surface area (Å²) < 4.78 is 39.6. The lowest BCUT2D eigenvalue weighted by molar-refractivity contribution is -0.137. The fourth-order valence-corrected chi connectivity index (χ4v) is 2.20. The fraction of sp³-hybridized carbons (Fsp3) is 0.235. The topological polar surface area (TPSA) is 83.1 Å². The summed E-state index contributed by atoms with van der Waals surface area (Å²) >= 11 is 0. The molecule has 0 saturated heterocycles. The molecular formula is C17H17F3N4O2. The number of alkyl halides is 3. The lowest BCUT2D eigenvalue weighted by atomic mass is 10.1. The summed E-state index contributed by atoms with van der Waals surface area (Å²) in [7, 11) is 0. The minimum Gasteiger partial charge on any atom is -0.338 e. The molecule has 0 unspecified atom stereocenters. The number of amides is 3. The van der Waals surface area contributed by atoms with Crippen molar-refractivity contribution in [3.8, 4) is 0 Å². The minimum atomic E-state index is -4.69. The number of carbonyl (C=O) groups is 2. The van der Waals surface area contributed by atoms with Crippen molar-refractivity contribution in [3.63, 3.8) is 0 Å². The molecule has 3 amide bonds. The van der Waals surface area contributed by atoms with Gasteiger partial charge in [-0.25, -0.2) is 4.79 Å². The molecular weight excluding hydrogens is 349 g/mol. The number of pyridine rings is 1. The Morgan fingerprint density at radius 1 is 1.15 bits per heavy atom. The van der Waals surface area contributed by atoms with E-state index in [2.05, 4.69) is 20.9 Å². The van der Waals surface area contributed by atoms with Crippen LogP contribution in [0.3, 0.4) is 0 Å². The van der Waals surface area contributed by atoms with Crippen LogP contribution >= 0.6 is 0 Å². The largest absolute Gasteiger partial charge is 0.418 e. The van der Waals surface area contributed by atoms with Gasteiger partial charge in [0.05, 0.1) is 11.3 Å². The molecule has 0 bridgehead atoms. The number of nitrogens with zero attached hydrogens (tertiary/aromatic N) is 1. The molecule has 1 aromatic heterocycles. The predicted molar refractivity (Wildman–Crippen MR) is 90.7 cm³/mol. The van der Waals surface area contributed by atoms with Gasteiger partial charge in [0.15, 0.2) is 0 Å². The number of anilines is 2. The monoisotopic (exact) mass is 366 g/mol. The first kappa shape index (κ1) is 19.2. The summed E-state index contributed by atoms with van der Waals surface area (Å²) in [5.41, 5.74) is -0.563. The molecule has 0 atom stereocenters. The van der Waals surface area contributed by atoms with Gasteiger partial charge in [0.25, 0.3) is 0 Å². The van der Waals surface area contributed by atoms with Crippen molar-refractivity contribution < 1.29 is 22.8 Å². The Balaban J connectivity index is 2.02. The molecule has 0 spiro atoms. The second kappa shape index (κ2) is 8.32. The number of nitrogens with one attached hydrogen (secondary N) is 3. The van der Waals surface area contributed by atoms with Gasteiger partial charge < -0.3 is 16.0 Å². The van der Waals surface area contributed by atoms with Crippen LogP contribution in [0, 0.1) is 0 Å². The van der Waals surface area contributed by atoms with Crippen LogP contribution < -0.4 is 16.0 Å². The van der Waals surface area contributed by atoms with Crippen LogP contribution in [0.1, 0.15) is 18.1 Å². The maximum atomic E-state index is 13.2. The summed E-state index contributed by atoms with van der Waals surface area (Å²) in [5, 5.41) is 6.95. The Kier molecular flexibility index (Phi) is 6.16. The second-order valence-corrected chi connectivity index (χ2v) is 5.43. The average Bonchev–Trinajstić information content (AvgIpc) is 2.56. The third-order valence-corrected chi connectivity index (χ3v) is 3.32. The van der Waals surface area contributed by atoms with E-state index in [9.17, 15) is 22.8 Å². The van der Waals surface area contributed by atoms with Crippen molar-refractivity contribution in [2.75, 3.05) is 17.2 Å². The van der Waals surface area contributed by atoms with Crippen molar-refractivity contribution in [1.29, 1.82) is 0 Å². The Bertz CT molecular complexity index is 779. The molecule has 0 aliphatic rings. The Labute approximate surface area is 147 Å². The molecule has 6 nitrogen and oxygen atoms in total. The molecule has 9 heteroatoms. The molecule has 2 aromatic rings. The predicted octanol–water partition coefficient (Wildman–Crippen LogP) is 3.42. The zero-order valence-corrected chi connectivity index (χ0v) is 13.9. The highest BCUT2D eigenvalue weighted by Crippen LogP contribution is 2.36.